The zero-order valence-electron chi connectivity index (χ0n) is 11.5. The van der Waals surface area contributed by atoms with Gasteiger partial charge in [0, 0.05) is 17.9 Å². The van der Waals surface area contributed by atoms with Gasteiger partial charge in [0.2, 0.25) is 5.95 Å². The minimum atomic E-state index is -0.861. The van der Waals surface area contributed by atoms with Gasteiger partial charge in [-0.05, 0) is 25.3 Å². The highest BCUT2D eigenvalue weighted by atomic mass is 16.4. The second-order valence-electron chi connectivity index (χ2n) is 4.70. The van der Waals surface area contributed by atoms with Crippen molar-refractivity contribution in [3.05, 3.63) is 17.5 Å². The lowest BCUT2D eigenvalue weighted by Gasteiger charge is -2.21. The quantitative estimate of drug-likeness (QED) is 0.839. The van der Waals surface area contributed by atoms with Gasteiger partial charge in [-0.25, -0.2) is 9.97 Å². The maximum absolute atomic E-state index is 10.9. The number of anilines is 1. The average molecular weight is 251 g/mol. The summed E-state index contributed by atoms with van der Waals surface area (Å²) in [6, 6.07) is 1.94. The smallest absolute Gasteiger partial charge is 0.323 e. The average Bonchev–Trinajstić information content (AvgIpc) is 2.27. The Morgan fingerprint density at radius 1 is 1.44 bits per heavy atom. The molecule has 0 bridgehead atoms. The molecule has 18 heavy (non-hydrogen) atoms. The summed E-state index contributed by atoms with van der Waals surface area (Å²) in [4.78, 5) is 21.4. The van der Waals surface area contributed by atoms with Crippen molar-refractivity contribution in [3.63, 3.8) is 0 Å². The molecule has 0 amide bonds. The first-order valence-corrected chi connectivity index (χ1v) is 6.26. The van der Waals surface area contributed by atoms with Crippen LogP contribution in [0.1, 0.15) is 44.5 Å². The summed E-state index contributed by atoms with van der Waals surface area (Å²) in [6.45, 7) is 8.62. The van der Waals surface area contributed by atoms with E-state index in [1.165, 1.54) is 0 Å². The molecule has 1 aromatic rings. The largest absolute Gasteiger partial charge is 0.480 e. The second-order valence-corrected chi connectivity index (χ2v) is 4.70. The number of aliphatic carboxylic acids is 1. The van der Waals surface area contributed by atoms with Crippen molar-refractivity contribution in [2.45, 2.75) is 40.0 Å². The van der Waals surface area contributed by atoms with Gasteiger partial charge in [-0.3, -0.25) is 4.79 Å². The summed E-state index contributed by atoms with van der Waals surface area (Å²) >= 11 is 0. The van der Waals surface area contributed by atoms with Crippen LogP contribution >= 0.6 is 0 Å². The van der Waals surface area contributed by atoms with Crippen LogP contribution in [0.4, 0.5) is 5.95 Å². The molecule has 100 valence electrons. The lowest BCUT2D eigenvalue weighted by molar-refractivity contribution is -0.135. The Labute approximate surface area is 108 Å². The molecule has 1 N–H and O–H groups in total. The van der Waals surface area contributed by atoms with E-state index in [0.717, 1.165) is 17.8 Å². The second kappa shape index (κ2) is 6.33. The molecule has 0 saturated carbocycles. The van der Waals surface area contributed by atoms with Crippen molar-refractivity contribution in [1.29, 1.82) is 0 Å². The van der Waals surface area contributed by atoms with Crippen molar-refractivity contribution in [3.8, 4) is 0 Å². The number of aryl methyl sites for hydroxylation is 1. The van der Waals surface area contributed by atoms with Crippen LogP contribution in [0.3, 0.4) is 0 Å². The van der Waals surface area contributed by atoms with E-state index in [1.807, 2.05) is 19.9 Å². The van der Waals surface area contributed by atoms with Gasteiger partial charge in [0.15, 0.2) is 0 Å². The first-order valence-electron chi connectivity index (χ1n) is 6.26. The summed E-state index contributed by atoms with van der Waals surface area (Å²) in [7, 11) is 0. The molecule has 0 fully saturated rings. The number of aromatic nitrogens is 2. The third-order valence-corrected chi connectivity index (χ3v) is 2.56. The van der Waals surface area contributed by atoms with Gasteiger partial charge in [-0.15, -0.1) is 0 Å². The molecule has 1 aromatic heterocycles. The predicted molar refractivity (Wildman–Crippen MR) is 71.0 cm³/mol. The van der Waals surface area contributed by atoms with E-state index in [1.54, 1.807) is 4.90 Å². The summed E-state index contributed by atoms with van der Waals surface area (Å²) in [5.74, 6) is -0.0404. The molecule has 0 aliphatic carbocycles. The van der Waals surface area contributed by atoms with Crippen molar-refractivity contribution in [2.24, 2.45) is 0 Å². The summed E-state index contributed by atoms with van der Waals surface area (Å²) in [6.07, 6.45) is 0.863. The van der Waals surface area contributed by atoms with E-state index >= 15 is 0 Å². The Balaban J connectivity index is 3.06. The SMILES string of the molecule is CCCN(CC(=O)O)c1nc(C)cc(C(C)C)n1. The monoisotopic (exact) mass is 251 g/mol. The fourth-order valence-electron chi connectivity index (χ4n) is 1.70. The molecule has 0 unspecified atom stereocenters. The van der Waals surface area contributed by atoms with Crippen molar-refractivity contribution >= 4 is 11.9 Å². The number of hydrogen-bond donors (Lipinski definition) is 1. The van der Waals surface area contributed by atoms with Crippen molar-refractivity contribution in [2.75, 3.05) is 18.0 Å². The van der Waals surface area contributed by atoms with Crippen LogP contribution in [0.15, 0.2) is 6.07 Å². The van der Waals surface area contributed by atoms with Gasteiger partial charge in [-0.1, -0.05) is 20.8 Å². The molecule has 0 radical (unpaired) electrons. The van der Waals surface area contributed by atoms with Gasteiger partial charge in [-0.2, -0.15) is 0 Å². The van der Waals surface area contributed by atoms with E-state index in [2.05, 4.69) is 23.8 Å². The van der Waals surface area contributed by atoms with E-state index < -0.39 is 5.97 Å². The van der Waals surface area contributed by atoms with Gasteiger partial charge in [0.1, 0.15) is 6.54 Å². The van der Waals surface area contributed by atoms with Gasteiger partial charge < -0.3 is 10.0 Å². The van der Waals surface area contributed by atoms with Crippen molar-refractivity contribution < 1.29 is 9.90 Å². The van der Waals surface area contributed by atoms with E-state index in [-0.39, 0.29) is 6.54 Å². The molecule has 0 aliphatic rings. The van der Waals surface area contributed by atoms with Crippen LogP contribution in [0.5, 0.6) is 0 Å². The number of nitrogens with zero attached hydrogens (tertiary/aromatic N) is 3. The van der Waals surface area contributed by atoms with E-state index in [9.17, 15) is 4.79 Å². The van der Waals surface area contributed by atoms with Crippen LogP contribution in [0, 0.1) is 6.92 Å². The number of carboxylic acid groups (broad SMARTS) is 1. The Morgan fingerprint density at radius 3 is 2.61 bits per heavy atom. The lowest BCUT2D eigenvalue weighted by Crippen LogP contribution is -2.32. The van der Waals surface area contributed by atoms with Crippen LogP contribution in [0.25, 0.3) is 0 Å². The topological polar surface area (TPSA) is 66.3 Å². The maximum atomic E-state index is 10.9. The zero-order valence-corrected chi connectivity index (χ0v) is 11.5. The van der Waals surface area contributed by atoms with Crippen LogP contribution in [0.2, 0.25) is 0 Å². The normalized spacial score (nSPS) is 10.7. The minimum Gasteiger partial charge on any atom is -0.480 e. The fourth-order valence-corrected chi connectivity index (χ4v) is 1.70. The molecule has 0 atom stereocenters. The van der Waals surface area contributed by atoms with E-state index in [4.69, 9.17) is 5.11 Å². The number of hydrogen-bond acceptors (Lipinski definition) is 4. The molecule has 5 heteroatoms. The molecule has 1 rings (SSSR count). The highest BCUT2D eigenvalue weighted by Gasteiger charge is 2.14. The molecule has 0 aromatic carbocycles. The number of carboxylic acids is 1. The molecular weight excluding hydrogens is 230 g/mol. The van der Waals surface area contributed by atoms with Gasteiger partial charge in [0.25, 0.3) is 0 Å². The maximum Gasteiger partial charge on any atom is 0.323 e. The third kappa shape index (κ3) is 3.98. The highest BCUT2D eigenvalue weighted by Crippen LogP contribution is 2.17. The zero-order chi connectivity index (χ0) is 13.7. The number of rotatable bonds is 6. The molecule has 0 spiro atoms. The molecule has 1 heterocycles. The molecule has 0 saturated heterocycles. The van der Waals surface area contributed by atoms with Gasteiger partial charge >= 0.3 is 5.97 Å². The lowest BCUT2D eigenvalue weighted by atomic mass is 10.1. The molecular formula is C13H21N3O2. The van der Waals surface area contributed by atoms with Crippen LogP contribution in [-0.2, 0) is 4.79 Å². The summed E-state index contributed by atoms with van der Waals surface area (Å²) < 4.78 is 0. The fraction of sp³-hybridized carbons (Fsp3) is 0.615. The van der Waals surface area contributed by atoms with Crippen LogP contribution in [-0.4, -0.2) is 34.1 Å². The Kier molecular flexibility index (Phi) is 5.07. The van der Waals surface area contributed by atoms with E-state index in [0.29, 0.717) is 18.4 Å². The Bertz CT molecular complexity index is 419. The van der Waals surface area contributed by atoms with Crippen molar-refractivity contribution in [1.82, 2.24) is 9.97 Å². The first kappa shape index (κ1) is 14.4. The summed E-state index contributed by atoms with van der Waals surface area (Å²) in [5.41, 5.74) is 1.82. The van der Waals surface area contributed by atoms with Gasteiger partial charge in [0.05, 0.1) is 0 Å². The number of carbonyl (C=O) groups is 1. The minimum absolute atomic E-state index is 0.0607. The molecule has 5 nitrogen and oxygen atoms in total. The Morgan fingerprint density at radius 2 is 2.11 bits per heavy atom. The highest BCUT2D eigenvalue weighted by molar-refractivity contribution is 5.72. The standard InChI is InChI=1S/C13H21N3O2/c1-5-6-16(8-12(17)18)13-14-10(4)7-11(15-13)9(2)3/h7,9H,5-6,8H2,1-4H3,(H,17,18). The first-order chi connectivity index (χ1) is 8.43. The summed E-state index contributed by atoms with van der Waals surface area (Å²) in [5, 5.41) is 8.92. The Hall–Kier alpha value is -1.65. The van der Waals surface area contributed by atoms with Crippen LogP contribution < -0.4 is 4.90 Å². The third-order valence-electron chi connectivity index (χ3n) is 2.56. The molecule has 0 aliphatic heterocycles. The predicted octanol–water partition coefficient (Wildman–Crippen LogP) is 2.21.